The van der Waals surface area contributed by atoms with Gasteiger partial charge in [0.15, 0.2) is 17.3 Å². The largest absolute Gasteiger partial charge is 0.494 e. The van der Waals surface area contributed by atoms with E-state index >= 15 is 0 Å². The standard InChI is InChI=1S/C17H24FNO2/c1-3-6-14-7-4-5-10-19(14)12-16(20)13-8-9-17(21-2)15(18)11-13/h8-9,11,14H,3-7,10,12H2,1-2H3. The third-order valence-electron chi connectivity index (χ3n) is 4.19. The van der Waals surface area contributed by atoms with Crippen LogP contribution in [-0.2, 0) is 0 Å². The van der Waals surface area contributed by atoms with Gasteiger partial charge in [-0.15, -0.1) is 0 Å². The van der Waals surface area contributed by atoms with Gasteiger partial charge in [0.1, 0.15) is 0 Å². The van der Waals surface area contributed by atoms with Gasteiger partial charge in [0.25, 0.3) is 0 Å². The maximum Gasteiger partial charge on any atom is 0.176 e. The molecule has 2 rings (SSSR count). The second kappa shape index (κ2) is 7.55. The van der Waals surface area contributed by atoms with Crippen LogP contribution in [0, 0.1) is 5.82 Å². The SMILES string of the molecule is CCCC1CCCCN1CC(=O)c1ccc(OC)c(F)c1. The summed E-state index contributed by atoms with van der Waals surface area (Å²) in [5.74, 6) is -0.319. The molecule has 1 aliphatic rings. The van der Waals surface area contributed by atoms with Crippen molar-refractivity contribution in [2.24, 2.45) is 0 Å². The van der Waals surface area contributed by atoms with Gasteiger partial charge in [0.05, 0.1) is 13.7 Å². The second-order valence-electron chi connectivity index (χ2n) is 5.68. The number of hydrogen-bond acceptors (Lipinski definition) is 3. The van der Waals surface area contributed by atoms with Gasteiger partial charge in [-0.2, -0.15) is 0 Å². The molecular formula is C17H24FNO2. The quantitative estimate of drug-likeness (QED) is 0.749. The first-order chi connectivity index (χ1) is 10.2. The minimum Gasteiger partial charge on any atom is -0.494 e. The number of likely N-dealkylation sites (tertiary alicyclic amines) is 1. The van der Waals surface area contributed by atoms with Crippen LogP contribution in [0.3, 0.4) is 0 Å². The number of ether oxygens (including phenoxy) is 1. The highest BCUT2D eigenvalue weighted by atomic mass is 19.1. The van der Waals surface area contributed by atoms with E-state index in [0.29, 0.717) is 18.2 Å². The van der Waals surface area contributed by atoms with Gasteiger partial charge >= 0.3 is 0 Å². The topological polar surface area (TPSA) is 29.5 Å². The van der Waals surface area contributed by atoms with Crippen molar-refractivity contribution in [3.05, 3.63) is 29.6 Å². The summed E-state index contributed by atoms with van der Waals surface area (Å²) in [5.41, 5.74) is 0.425. The van der Waals surface area contributed by atoms with E-state index in [-0.39, 0.29) is 11.5 Å². The zero-order valence-corrected chi connectivity index (χ0v) is 12.9. The molecule has 1 fully saturated rings. The molecule has 0 spiro atoms. The molecule has 0 aromatic heterocycles. The van der Waals surface area contributed by atoms with Crippen LogP contribution in [0.25, 0.3) is 0 Å². The monoisotopic (exact) mass is 293 g/mol. The fourth-order valence-electron chi connectivity index (χ4n) is 3.04. The Kier molecular flexibility index (Phi) is 5.74. The molecule has 0 aliphatic carbocycles. The molecule has 21 heavy (non-hydrogen) atoms. The van der Waals surface area contributed by atoms with Gasteiger partial charge in [-0.05, 0) is 44.0 Å². The van der Waals surface area contributed by atoms with Gasteiger partial charge in [-0.1, -0.05) is 19.8 Å². The lowest BCUT2D eigenvalue weighted by molar-refractivity contribution is 0.0830. The molecule has 0 amide bonds. The van der Waals surface area contributed by atoms with Crippen molar-refractivity contribution in [3.8, 4) is 5.75 Å². The number of ketones is 1. The molecule has 0 bridgehead atoms. The van der Waals surface area contributed by atoms with Gasteiger partial charge in [0, 0.05) is 11.6 Å². The van der Waals surface area contributed by atoms with E-state index in [9.17, 15) is 9.18 Å². The number of hydrogen-bond donors (Lipinski definition) is 0. The predicted molar refractivity (Wildman–Crippen MR) is 81.4 cm³/mol. The van der Waals surface area contributed by atoms with Crippen molar-refractivity contribution < 1.29 is 13.9 Å². The smallest absolute Gasteiger partial charge is 0.176 e. The fourth-order valence-corrected chi connectivity index (χ4v) is 3.04. The Morgan fingerprint density at radius 1 is 1.43 bits per heavy atom. The zero-order valence-electron chi connectivity index (χ0n) is 12.9. The minimum atomic E-state index is -0.480. The van der Waals surface area contributed by atoms with Crippen LogP contribution in [0.15, 0.2) is 18.2 Å². The average molecular weight is 293 g/mol. The summed E-state index contributed by atoms with van der Waals surface area (Å²) >= 11 is 0. The van der Waals surface area contributed by atoms with Crippen LogP contribution < -0.4 is 4.74 Å². The number of rotatable bonds is 6. The number of halogens is 1. The molecule has 3 nitrogen and oxygen atoms in total. The van der Waals surface area contributed by atoms with Crippen LogP contribution in [0.4, 0.5) is 4.39 Å². The molecule has 1 heterocycles. The number of piperidine rings is 1. The van der Waals surface area contributed by atoms with E-state index in [0.717, 1.165) is 32.2 Å². The van der Waals surface area contributed by atoms with Crippen molar-refractivity contribution in [1.29, 1.82) is 0 Å². The average Bonchev–Trinajstić information content (AvgIpc) is 2.49. The van der Waals surface area contributed by atoms with Gasteiger partial charge < -0.3 is 4.74 Å². The number of benzene rings is 1. The molecule has 1 aromatic rings. The second-order valence-corrected chi connectivity index (χ2v) is 5.68. The van der Waals surface area contributed by atoms with Crippen molar-refractivity contribution in [3.63, 3.8) is 0 Å². The lowest BCUT2D eigenvalue weighted by atomic mass is 9.97. The van der Waals surface area contributed by atoms with E-state index in [1.807, 2.05) is 0 Å². The predicted octanol–water partition coefficient (Wildman–Crippen LogP) is 3.67. The van der Waals surface area contributed by atoms with Crippen LogP contribution in [0.5, 0.6) is 5.75 Å². The Balaban J connectivity index is 2.04. The first-order valence-corrected chi connectivity index (χ1v) is 7.76. The third-order valence-corrected chi connectivity index (χ3v) is 4.19. The Hall–Kier alpha value is -1.42. The summed E-state index contributed by atoms with van der Waals surface area (Å²) < 4.78 is 18.6. The Morgan fingerprint density at radius 3 is 2.90 bits per heavy atom. The highest BCUT2D eigenvalue weighted by Gasteiger charge is 2.24. The van der Waals surface area contributed by atoms with Gasteiger partial charge in [-0.25, -0.2) is 4.39 Å². The van der Waals surface area contributed by atoms with E-state index in [2.05, 4.69) is 11.8 Å². The van der Waals surface area contributed by atoms with Crippen LogP contribution >= 0.6 is 0 Å². The van der Waals surface area contributed by atoms with Gasteiger partial charge in [0.2, 0.25) is 0 Å². The van der Waals surface area contributed by atoms with E-state index in [1.54, 1.807) is 6.07 Å². The van der Waals surface area contributed by atoms with E-state index in [1.165, 1.54) is 25.7 Å². The molecule has 4 heteroatoms. The summed E-state index contributed by atoms with van der Waals surface area (Å²) in [4.78, 5) is 14.6. The summed E-state index contributed by atoms with van der Waals surface area (Å²) in [7, 11) is 1.42. The first-order valence-electron chi connectivity index (χ1n) is 7.76. The molecule has 0 radical (unpaired) electrons. The number of Topliss-reactive ketones (excluding diaryl/α,β-unsaturated/α-hetero) is 1. The number of carbonyl (C=O) groups is 1. The number of methoxy groups -OCH3 is 1. The summed E-state index contributed by atoms with van der Waals surface area (Å²) in [5, 5.41) is 0. The molecule has 0 saturated carbocycles. The lowest BCUT2D eigenvalue weighted by Gasteiger charge is -2.35. The van der Waals surface area contributed by atoms with Gasteiger partial charge in [-0.3, -0.25) is 9.69 Å². The van der Waals surface area contributed by atoms with Crippen molar-refractivity contribution >= 4 is 5.78 Å². The van der Waals surface area contributed by atoms with Crippen LogP contribution in [0.2, 0.25) is 0 Å². The summed E-state index contributed by atoms with van der Waals surface area (Å²) in [6.07, 6.45) is 5.81. The van der Waals surface area contributed by atoms with E-state index in [4.69, 9.17) is 4.74 Å². The fraction of sp³-hybridized carbons (Fsp3) is 0.588. The lowest BCUT2D eigenvalue weighted by Crippen LogP contribution is -2.42. The number of carbonyl (C=O) groups excluding carboxylic acids is 1. The molecule has 1 aromatic carbocycles. The first kappa shape index (κ1) is 16.0. The molecule has 1 saturated heterocycles. The van der Waals surface area contributed by atoms with E-state index < -0.39 is 5.82 Å². The molecule has 1 atom stereocenters. The maximum absolute atomic E-state index is 13.7. The zero-order chi connectivity index (χ0) is 15.2. The molecule has 116 valence electrons. The normalized spacial score (nSPS) is 19.5. The van der Waals surface area contributed by atoms with Crippen LogP contribution in [0.1, 0.15) is 49.4 Å². The Bertz CT molecular complexity index is 488. The molecule has 1 unspecified atom stereocenters. The molecular weight excluding hydrogens is 269 g/mol. The third kappa shape index (κ3) is 4.03. The maximum atomic E-state index is 13.7. The Labute approximate surface area is 126 Å². The van der Waals surface area contributed by atoms with Crippen molar-refractivity contribution in [2.75, 3.05) is 20.2 Å². The highest BCUT2D eigenvalue weighted by molar-refractivity contribution is 5.97. The highest BCUT2D eigenvalue weighted by Crippen LogP contribution is 2.22. The van der Waals surface area contributed by atoms with Crippen LogP contribution in [-0.4, -0.2) is 36.9 Å². The van der Waals surface area contributed by atoms with Crippen molar-refractivity contribution in [1.82, 2.24) is 4.90 Å². The number of nitrogens with zero attached hydrogens (tertiary/aromatic N) is 1. The summed E-state index contributed by atoms with van der Waals surface area (Å²) in [6.45, 7) is 3.53. The molecule has 0 N–H and O–H groups in total. The minimum absolute atomic E-state index is 0.0143. The van der Waals surface area contributed by atoms with Crippen molar-refractivity contribution in [2.45, 2.75) is 45.1 Å². The summed E-state index contributed by atoms with van der Waals surface area (Å²) in [6, 6.07) is 4.93. The molecule has 1 aliphatic heterocycles. The Morgan fingerprint density at radius 2 is 2.24 bits per heavy atom.